The summed E-state index contributed by atoms with van der Waals surface area (Å²) in [5.41, 5.74) is 2.63. The number of piperidine rings is 1. The van der Waals surface area contributed by atoms with E-state index >= 15 is 0 Å². The number of ether oxygens (including phenoxy) is 1. The Balaban J connectivity index is 0.00000280. The van der Waals surface area contributed by atoms with Crippen molar-refractivity contribution < 1.29 is 9.53 Å². The molecule has 1 heterocycles. The minimum atomic E-state index is -0.446. The Morgan fingerprint density at radius 3 is 2.29 bits per heavy atom. The van der Waals surface area contributed by atoms with Crippen LogP contribution >= 0.6 is 12.4 Å². The number of rotatable bonds is 7. The molecule has 1 aliphatic heterocycles. The SMILES string of the molecule is COCC1(C(=O)Nc2ccc(NC(C)c3ccccc3)cc2)CCNCC1.Cl. The molecular weight excluding hydrogens is 374 g/mol. The van der Waals surface area contributed by atoms with Gasteiger partial charge in [0.15, 0.2) is 0 Å². The first kappa shape index (κ1) is 22.2. The molecule has 1 fully saturated rings. The zero-order valence-electron chi connectivity index (χ0n) is 16.5. The Bertz CT molecular complexity index is 726. The molecule has 28 heavy (non-hydrogen) atoms. The quantitative estimate of drug-likeness (QED) is 0.647. The van der Waals surface area contributed by atoms with E-state index in [-0.39, 0.29) is 24.4 Å². The molecule has 6 heteroatoms. The Morgan fingerprint density at radius 2 is 1.68 bits per heavy atom. The molecule has 2 aromatic carbocycles. The van der Waals surface area contributed by atoms with Crippen LogP contribution in [0.4, 0.5) is 11.4 Å². The highest BCUT2D eigenvalue weighted by atomic mass is 35.5. The van der Waals surface area contributed by atoms with Crippen LogP contribution in [-0.2, 0) is 9.53 Å². The smallest absolute Gasteiger partial charge is 0.233 e. The van der Waals surface area contributed by atoms with Crippen molar-refractivity contribution in [2.45, 2.75) is 25.8 Å². The lowest BCUT2D eigenvalue weighted by Gasteiger charge is -2.35. The second-order valence-electron chi connectivity index (χ2n) is 7.27. The molecule has 0 aromatic heterocycles. The summed E-state index contributed by atoms with van der Waals surface area (Å²) in [7, 11) is 1.66. The van der Waals surface area contributed by atoms with E-state index in [9.17, 15) is 4.79 Å². The van der Waals surface area contributed by atoms with Crippen molar-refractivity contribution in [3.05, 3.63) is 60.2 Å². The fourth-order valence-electron chi connectivity index (χ4n) is 3.61. The molecular formula is C22H30ClN3O2. The Morgan fingerprint density at radius 1 is 1.07 bits per heavy atom. The summed E-state index contributed by atoms with van der Waals surface area (Å²) in [5, 5.41) is 9.88. The summed E-state index contributed by atoms with van der Waals surface area (Å²) in [6.07, 6.45) is 1.59. The Hall–Kier alpha value is -2.08. The van der Waals surface area contributed by atoms with Crippen LogP contribution in [-0.4, -0.2) is 32.7 Å². The van der Waals surface area contributed by atoms with E-state index < -0.39 is 5.41 Å². The van der Waals surface area contributed by atoms with Gasteiger partial charge in [-0.05, 0) is 62.7 Å². The molecule has 1 saturated heterocycles. The van der Waals surface area contributed by atoms with Crippen LogP contribution in [0.3, 0.4) is 0 Å². The normalized spacial score (nSPS) is 16.5. The number of benzene rings is 2. The Kier molecular flexibility index (Phi) is 8.30. The predicted molar refractivity (Wildman–Crippen MR) is 117 cm³/mol. The van der Waals surface area contributed by atoms with E-state index in [1.165, 1.54) is 5.56 Å². The predicted octanol–water partition coefficient (Wildman–Crippen LogP) is 4.24. The van der Waals surface area contributed by atoms with Gasteiger partial charge >= 0.3 is 0 Å². The van der Waals surface area contributed by atoms with Crippen LogP contribution in [0.5, 0.6) is 0 Å². The van der Waals surface area contributed by atoms with Gasteiger partial charge in [-0.1, -0.05) is 30.3 Å². The maximum Gasteiger partial charge on any atom is 0.233 e. The van der Waals surface area contributed by atoms with E-state index in [1.54, 1.807) is 7.11 Å². The molecule has 1 unspecified atom stereocenters. The number of hydrogen-bond donors (Lipinski definition) is 3. The molecule has 0 spiro atoms. The summed E-state index contributed by atoms with van der Waals surface area (Å²) in [4.78, 5) is 12.9. The van der Waals surface area contributed by atoms with Crippen LogP contribution in [0, 0.1) is 5.41 Å². The van der Waals surface area contributed by atoms with Crippen molar-refractivity contribution in [2.75, 3.05) is 37.4 Å². The zero-order valence-corrected chi connectivity index (χ0v) is 17.4. The van der Waals surface area contributed by atoms with Gasteiger partial charge in [-0.3, -0.25) is 4.79 Å². The van der Waals surface area contributed by atoms with Crippen LogP contribution in [0.25, 0.3) is 0 Å². The largest absolute Gasteiger partial charge is 0.384 e. The van der Waals surface area contributed by atoms with Gasteiger partial charge in [-0.15, -0.1) is 12.4 Å². The van der Waals surface area contributed by atoms with Crippen molar-refractivity contribution in [2.24, 2.45) is 5.41 Å². The average Bonchev–Trinajstić information content (AvgIpc) is 2.71. The molecule has 152 valence electrons. The van der Waals surface area contributed by atoms with Gasteiger partial charge in [0, 0.05) is 24.5 Å². The fraction of sp³-hybridized carbons (Fsp3) is 0.409. The molecule has 3 rings (SSSR count). The van der Waals surface area contributed by atoms with Crippen LogP contribution in [0.1, 0.15) is 31.4 Å². The fourth-order valence-corrected chi connectivity index (χ4v) is 3.61. The van der Waals surface area contributed by atoms with Gasteiger partial charge < -0.3 is 20.7 Å². The van der Waals surface area contributed by atoms with Crippen LogP contribution in [0.2, 0.25) is 0 Å². The Labute approximate surface area is 173 Å². The van der Waals surface area contributed by atoms with Gasteiger partial charge in [-0.2, -0.15) is 0 Å². The van der Waals surface area contributed by atoms with E-state index in [0.717, 1.165) is 37.3 Å². The summed E-state index contributed by atoms with van der Waals surface area (Å²) in [6.45, 7) is 4.28. The first-order chi connectivity index (χ1) is 13.1. The second-order valence-corrected chi connectivity index (χ2v) is 7.27. The third kappa shape index (κ3) is 5.47. The van der Waals surface area contributed by atoms with Crippen molar-refractivity contribution in [3.8, 4) is 0 Å². The van der Waals surface area contributed by atoms with Gasteiger partial charge in [0.25, 0.3) is 0 Å². The maximum absolute atomic E-state index is 12.9. The number of amides is 1. The molecule has 1 aliphatic rings. The minimum absolute atomic E-state index is 0. The molecule has 0 radical (unpaired) electrons. The summed E-state index contributed by atoms with van der Waals surface area (Å²) in [5.74, 6) is 0.0456. The van der Waals surface area contributed by atoms with Gasteiger partial charge in [0.1, 0.15) is 0 Å². The highest BCUT2D eigenvalue weighted by Crippen LogP contribution is 2.31. The highest BCUT2D eigenvalue weighted by molar-refractivity contribution is 5.95. The molecule has 2 aromatic rings. The van der Waals surface area contributed by atoms with Crippen molar-refractivity contribution in [3.63, 3.8) is 0 Å². The van der Waals surface area contributed by atoms with Crippen molar-refractivity contribution in [1.29, 1.82) is 0 Å². The number of anilines is 2. The third-order valence-corrected chi connectivity index (χ3v) is 5.29. The summed E-state index contributed by atoms with van der Waals surface area (Å²) in [6, 6.07) is 18.4. The third-order valence-electron chi connectivity index (χ3n) is 5.29. The standard InChI is InChI=1S/C22H29N3O2.ClH/c1-17(18-6-4-3-5-7-18)24-19-8-10-20(11-9-19)25-21(26)22(16-27-2)12-14-23-15-13-22;/h3-11,17,23-24H,12-16H2,1-2H3,(H,25,26);1H. The maximum atomic E-state index is 12.9. The topological polar surface area (TPSA) is 62.4 Å². The lowest BCUT2D eigenvalue weighted by molar-refractivity contribution is -0.130. The van der Waals surface area contributed by atoms with Crippen molar-refractivity contribution in [1.82, 2.24) is 5.32 Å². The lowest BCUT2D eigenvalue weighted by atomic mass is 9.78. The monoisotopic (exact) mass is 403 g/mol. The molecule has 1 atom stereocenters. The zero-order chi connectivity index (χ0) is 19.1. The molecule has 1 amide bonds. The van der Waals surface area contributed by atoms with Crippen molar-refractivity contribution >= 4 is 29.7 Å². The van der Waals surface area contributed by atoms with Gasteiger partial charge in [0.2, 0.25) is 5.91 Å². The molecule has 0 saturated carbocycles. The summed E-state index contributed by atoms with van der Waals surface area (Å²) >= 11 is 0. The molecule has 5 nitrogen and oxygen atoms in total. The molecule has 0 aliphatic carbocycles. The number of halogens is 1. The van der Waals surface area contributed by atoms with Crippen LogP contribution < -0.4 is 16.0 Å². The van der Waals surface area contributed by atoms with E-state index in [0.29, 0.717) is 6.61 Å². The first-order valence-corrected chi connectivity index (χ1v) is 9.56. The highest BCUT2D eigenvalue weighted by Gasteiger charge is 2.39. The van der Waals surface area contributed by atoms with Gasteiger partial charge in [0.05, 0.1) is 12.0 Å². The molecule has 3 N–H and O–H groups in total. The number of nitrogens with one attached hydrogen (secondary N) is 3. The molecule has 0 bridgehead atoms. The van der Waals surface area contributed by atoms with E-state index in [2.05, 4.69) is 35.0 Å². The lowest BCUT2D eigenvalue weighted by Crippen LogP contribution is -2.47. The number of hydrogen-bond acceptors (Lipinski definition) is 4. The van der Waals surface area contributed by atoms with Crippen LogP contribution in [0.15, 0.2) is 54.6 Å². The van der Waals surface area contributed by atoms with Gasteiger partial charge in [-0.25, -0.2) is 0 Å². The number of methoxy groups -OCH3 is 1. The van der Waals surface area contributed by atoms with E-state index in [1.807, 2.05) is 42.5 Å². The second kappa shape index (κ2) is 10.5. The average molecular weight is 404 g/mol. The summed E-state index contributed by atoms with van der Waals surface area (Å²) < 4.78 is 5.35. The first-order valence-electron chi connectivity index (χ1n) is 9.56. The minimum Gasteiger partial charge on any atom is -0.384 e. The van der Waals surface area contributed by atoms with E-state index in [4.69, 9.17) is 4.74 Å². The number of carbonyl (C=O) groups is 1. The number of carbonyl (C=O) groups excluding carboxylic acids is 1.